The molecule has 0 radical (unpaired) electrons. The lowest BCUT2D eigenvalue weighted by Gasteiger charge is -2.06. The first-order valence-electron chi connectivity index (χ1n) is 26.2. The van der Waals surface area contributed by atoms with E-state index >= 15 is 0 Å². The van der Waals surface area contributed by atoms with Gasteiger partial charge in [-0.2, -0.15) is 10.2 Å². The van der Waals surface area contributed by atoms with Crippen LogP contribution in [0, 0.1) is 0 Å². The van der Waals surface area contributed by atoms with E-state index in [-0.39, 0.29) is 48.8 Å². The van der Waals surface area contributed by atoms with Crippen molar-refractivity contribution in [2.75, 3.05) is 34.4 Å². The quantitative estimate of drug-likeness (QED) is 0.0270. The Balaban J connectivity index is 0.000000229. The molecule has 5 amide bonds. The van der Waals surface area contributed by atoms with Gasteiger partial charge < -0.3 is 32.3 Å². The zero-order chi connectivity index (χ0) is 55.4. The lowest BCUT2D eigenvalue weighted by Crippen LogP contribution is -2.22. The minimum atomic E-state index is -0.148. The number of aromatic nitrogens is 8. The molecule has 0 aliphatic carbocycles. The van der Waals surface area contributed by atoms with Gasteiger partial charge in [-0.3, -0.25) is 24.0 Å². The second kappa shape index (κ2) is 31.6. The average molecular weight is 1100 g/mol. The minimum absolute atomic E-state index is 0.0563. The number of amides is 5. The predicted molar refractivity (Wildman–Crippen MR) is 307 cm³/mol. The summed E-state index contributed by atoms with van der Waals surface area (Å²) in [4.78, 5) is 60.3. The maximum Gasteiger partial charge on any atom is 0.230 e. The Morgan fingerprint density at radius 2 is 0.810 bits per heavy atom. The highest BCUT2D eigenvalue weighted by Gasteiger charge is 2.13. The summed E-state index contributed by atoms with van der Waals surface area (Å²) in [6.07, 6.45) is 9.28. The fraction of sp³-hybridized carbons (Fsp3) is 0.293. The topological polar surface area (TPSA) is 275 Å². The molecule has 0 aliphatic heterocycles. The third kappa shape index (κ3) is 21.8. The summed E-state index contributed by atoms with van der Waals surface area (Å²) in [7, 11) is 0. The summed E-state index contributed by atoms with van der Waals surface area (Å²) in [5.74, 6) is 0.312. The monoisotopic (exact) mass is 1100 g/mol. The number of rotatable bonds is 27. The first-order chi connectivity index (χ1) is 38.5. The fourth-order valence-corrected chi connectivity index (χ4v) is 9.66. The Bertz CT molecular complexity index is 3200. The van der Waals surface area contributed by atoms with Gasteiger partial charge in [-0.1, -0.05) is 132 Å². The van der Waals surface area contributed by atoms with Crippen molar-refractivity contribution >= 4 is 74.1 Å². The van der Waals surface area contributed by atoms with Crippen molar-refractivity contribution < 1.29 is 24.0 Å². The first kappa shape index (κ1) is 58.2. The lowest BCUT2D eigenvalue weighted by molar-refractivity contribution is -0.119. The molecule has 0 spiro atoms. The van der Waals surface area contributed by atoms with Crippen molar-refractivity contribution in [3.63, 3.8) is 0 Å². The van der Waals surface area contributed by atoms with E-state index in [0.717, 1.165) is 113 Å². The molecule has 8 rings (SSSR count). The molecule has 408 valence electrons. The van der Waals surface area contributed by atoms with Gasteiger partial charge in [0.05, 0.1) is 37.1 Å². The second-order valence-electron chi connectivity index (χ2n) is 18.5. The van der Waals surface area contributed by atoms with Crippen molar-refractivity contribution in [1.29, 1.82) is 0 Å². The van der Waals surface area contributed by atoms with E-state index in [2.05, 4.69) is 67.4 Å². The van der Waals surface area contributed by atoms with Crippen molar-refractivity contribution in [3.05, 3.63) is 188 Å². The van der Waals surface area contributed by atoms with Gasteiger partial charge in [0.1, 0.15) is 10.0 Å². The number of nitrogens with two attached hydrogens (primary N) is 1. The highest BCUT2D eigenvalue weighted by molar-refractivity contribution is 7.15. The van der Waals surface area contributed by atoms with E-state index in [1.165, 1.54) is 29.6 Å². The maximum atomic E-state index is 12.5. The van der Waals surface area contributed by atoms with E-state index in [9.17, 15) is 24.0 Å². The van der Waals surface area contributed by atoms with Crippen molar-refractivity contribution in [1.82, 2.24) is 46.1 Å². The molecule has 19 nitrogen and oxygen atoms in total. The highest BCUT2D eigenvalue weighted by atomic mass is 32.1. The van der Waals surface area contributed by atoms with Crippen LogP contribution in [0.3, 0.4) is 0 Å². The summed E-state index contributed by atoms with van der Waals surface area (Å²) < 4.78 is 0. The summed E-state index contributed by atoms with van der Waals surface area (Å²) >= 11 is 2.78. The third-order valence-electron chi connectivity index (χ3n) is 11.9. The van der Waals surface area contributed by atoms with Gasteiger partial charge in [-0.05, 0) is 116 Å². The molecule has 21 heteroatoms. The highest BCUT2D eigenvalue weighted by Crippen LogP contribution is 2.21. The Morgan fingerprint density at radius 3 is 1.24 bits per heavy atom. The van der Waals surface area contributed by atoms with Crippen LogP contribution in [0.15, 0.2) is 133 Å². The molecule has 8 aromatic rings. The van der Waals surface area contributed by atoms with Gasteiger partial charge in [0, 0.05) is 26.3 Å². The molecule has 4 aromatic carbocycles. The van der Waals surface area contributed by atoms with Crippen LogP contribution >= 0.6 is 22.7 Å². The van der Waals surface area contributed by atoms with Crippen molar-refractivity contribution in [3.8, 4) is 0 Å². The van der Waals surface area contributed by atoms with Crippen molar-refractivity contribution in [2.24, 2.45) is 5.73 Å². The molecular formula is C58H64N14O5S2. The number of hydrogen-bond acceptors (Lipinski definition) is 16. The largest absolute Gasteiger partial charge is 0.356 e. The second-order valence-corrected chi connectivity index (χ2v) is 20.6. The molecule has 79 heavy (non-hydrogen) atoms. The number of carbonyl (C=O) groups is 5. The fourth-order valence-electron chi connectivity index (χ4n) is 8.07. The number of anilines is 4. The number of aryl methyl sites for hydroxylation is 4. The van der Waals surface area contributed by atoms with Gasteiger partial charge in [0.15, 0.2) is 11.6 Å². The smallest absolute Gasteiger partial charge is 0.230 e. The molecule has 4 aromatic heterocycles. The number of carbonyl (C=O) groups excluding carboxylic acids is 5. The third-order valence-corrected chi connectivity index (χ3v) is 13.7. The molecule has 0 saturated heterocycles. The summed E-state index contributed by atoms with van der Waals surface area (Å²) in [5.41, 5.74) is 13.3. The Kier molecular flexibility index (Phi) is 23.3. The number of nitrogens with one attached hydrogen (secondary N) is 5. The average Bonchev–Trinajstić information content (AvgIpc) is 4.09. The molecule has 0 saturated carbocycles. The normalized spacial score (nSPS) is 10.7. The van der Waals surface area contributed by atoms with E-state index < -0.39 is 0 Å². The van der Waals surface area contributed by atoms with Crippen LogP contribution in [0.5, 0.6) is 0 Å². The number of unbranched alkanes of at least 4 members (excludes halogenated alkanes) is 2. The van der Waals surface area contributed by atoms with Gasteiger partial charge in [0.2, 0.25) is 39.8 Å². The van der Waals surface area contributed by atoms with E-state index in [0.29, 0.717) is 47.8 Å². The van der Waals surface area contributed by atoms with Gasteiger partial charge in [-0.25, -0.2) is 0 Å². The SMILES string of the molecule is CC(=O)NCCc1cccc(CC(=O)Nc2nnc(CCCCc3ccc(NC(=O)Cc4ccccc4)nn3)s2)c1.NCCc1cccc(CC(=O)Nc2nnc(CCCCc3ccc(NC(=O)Cc4ccccc4)nn3)s2)c1. The van der Waals surface area contributed by atoms with Crippen LogP contribution in [-0.2, 0) is 88.2 Å². The first-order valence-corrected chi connectivity index (χ1v) is 27.8. The zero-order valence-electron chi connectivity index (χ0n) is 44.0. The van der Waals surface area contributed by atoms with Crippen LogP contribution in [0.25, 0.3) is 0 Å². The molecular weight excluding hydrogens is 1040 g/mol. The minimum Gasteiger partial charge on any atom is -0.356 e. The maximum absolute atomic E-state index is 12.5. The Morgan fingerprint density at radius 1 is 0.405 bits per heavy atom. The molecule has 7 N–H and O–H groups in total. The predicted octanol–water partition coefficient (Wildman–Crippen LogP) is 7.69. The number of benzene rings is 4. The molecule has 0 unspecified atom stereocenters. The van der Waals surface area contributed by atoms with Crippen molar-refractivity contribution in [2.45, 2.75) is 96.8 Å². The van der Waals surface area contributed by atoms with Crippen LogP contribution in [-0.4, -0.2) is 83.4 Å². The van der Waals surface area contributed by atoms with Gasteiger partial charge in [-0.15, -0.1) is 30.6 Å². The molecule has 0 aliphatic rings. The summed E-state index contributed by atoms with van der Waals surface area (Å²) in [6.45, 7) is 2.64. The zero-order valence-corrected chi connectivity index (χ0v) is 45.7. The van der Waals surface area contributed by atoms with Crippen LogP contribution in [0.2, 0.25) is 0 Å². The molecule has 0 bridgehead atoms. The molecule has 4 heterocycles. The summed E-state index contributed by atoms with van der Waals surface area (Å²) in [5, 5.41) is 50.1. The Hall–Kier alpha value is -8.53. The van der Waals surface area contributed by atoms with E-state index in [4.69, 9.17) is 5.73 Å². The van der Waals surface area contributed by atoms with Crippen LogP contribution in [0.4, 0.5) is 21.9 Å². The number of nitrogens with zero attached hydrogens (tertiary/aromatic N) is 8. The van der Waals surface area contributed by atoms with Gasteiger partial charge >= 0.3 is 0 Å². The standard InChI is InChI=1S/C30H33N7O3S.C28H31N7O2S/c1-21(38)31-17-16-23-10-7-11-24(18-23)20-28(40)33-30-37-36-29(41-30)13-6-5-12-25-14-15-26(35-34-25)32-27(39)19-22-8-3-2-4-9-22;29-16-15-21-9-6-10-22(17-21)19-26(37)31-28-35-34-27(38-28)12-5-4-11-23-13-14-24(33-32-23)30-25(36)18-20-7-2-1-3-8-20/h2-4,7-11,14-15,18H,5-6,12-13,16-17,19-20H2,1H3,(H,31,38)(H,32,35,39)(H,33,37,40);1-3,6-10,13-14,17H,4-5,11-12,15-16,18-19,29H2,(H,30,33,36)(H,31,35,37). The Labute approximate surface area is 467 Å². The molecule has 0 fully saturated rings. The van der Waals surface area contributed by atoms with E-state index in [1.807, 2.05) is 121 Å². The van der Waals surface area contributed by atoms with Crippen LogP contribution in [0.1, 0.15) is 87.4 Å². The van der Waals surface area contributed by atoms with Crippen LogP contribution < -0.4 is 32.3 Å². The van der Waals surface area contributed by atoms with Gasteiger partial charge in [0.25, 0.3) is 0 Å². The lowest BCUT2D eigenvalue weighted by atomic mass is 10.1. The summed E-state index contributed by atoms with van der Waals surface area (Å²) in [6, 6.07) is 42.1. The number of hydrogen-bond donors (Lipinski definition) is 6. The molecule has 0 atom stereocenters. The van der Waals surface area contributed by atoms with E-state index in [1.54, 1.807) is 12.1 Å².